The van der Waals surface area contributed by atoms with Gasteiger partial charge >= 0.3 is 5.97 Å². The largest absolute Gasteiger partial charge is 0.480 e. The second kappa shape index (κ2) is 6.73. The van der Waals surface area contributed by atoms with Gasteiger partial charge in [0, 0.05) is 26.2 Å². The van der Waals surface area contributed by atoms with Crippen molar-refractivity contribution in [3.8, 4) is 0 Å². The van der Waals surface area contributed by atoms with Gasteiger partial charge in [-0.25, -0.2) is 0 Å². The van der Waals surface area contributed by atoms with Gasteiger partial charge in [-0.1, -0.05) is 6.92 Å². The molecule has 1 atom stereocenters. The van der Waals surface area contributed by atoms with E-state index in [1.54, 1.807) is 6.26 Å². The van der Waals surface area contributed by atoms with Gasteiger partial charge in [-0.15, -0.1) is 0 Å². The van der Waals surface area contributed by atoms with E-state index in [-0.39, 0.29) is 6.54 Å². The molecule has 2 heterocycles. The fraction of sp³-hybridized carbons (Fsp3) is 0.643. The van der Waals surface area contributed by atoms with Gasteiger partial charge in [-0.3, -0.25) is 14.6 Å². The Labute approximate surface area is 113 Å². The van der Waals surface area contributed by atoms with Gasteiger partial charge in [0.05, 0.1) is 18.8 Å². The van der Waals surface area contributed by atoms with E-state index < -0.39 is 5.97 Å². The number of aliphatic carboxylic acids is 1. The third-order valence-electron chi connectivity index (χ3n) is 3.68. The molecule has 1 aliphatic rings. The molecule has 2 rings (SSSR count). The van der Waals surface area contributed by atoms with E-state index in [0.29, 0.717) is 6.04 Å². The molecule has 1 aromatic rings. The number of hydrogen-bond donors (Lipinski definition) is 1. The zero-order valence-electron chi connectivity index (χ0n) is 11.4. The van der Waals surface area contributed by atoms with Crippen LogP contribution in [0.3, 0.4) is 0 Å². The van der Waals surface area contributed by atoms with Crippen LogP contribution in [0, 0.1) is 0 Å². The molecule has 0 saturated carbocycles. The standard InChI is InChI=1S/C14H22N2O3/c1-2-12(13-5-3-10-19-13)16-7-4-6-15(8-9-16)11-14(17)18/h3,5,10,12H,2,4,6-9,11H2,1H3,(H,17,18). The van der Waals surface area contributed by atoms with Gasteiger partial charge in [0.2, 0.25) is 0 Å². The summed E-state index contributed by atoms with van der Waals surface area (Å²) < 4.78 is 5.52. The third-order valence-corrected chi connectivity index (χ3v) is 3.68. The van der Waals surface area contributed by atoms with E-state index in [0.717, 1.165) is 44.8 Å². The van der Waals surface area contributed by atoms with Crippen LogP contribution < -0.4 is 0 Å². The lowest BCUT2D eigenvalue weighted by Crippen LogP contribution is -2.35. The molecule has 5 heteroatoms. The summed E-state index contributed by atoms with van der Waals surface area (Å²) in [5.74, 6) is 0.265. The highest BCUT2D eigenvalue weighted by Crippen LogP contribution is 2.25. The van der Waals surface area contributed by atoms with Crippen molar-refractivity contribution in [3.63, 3.8) is 0 Å². The number of nitrogens with zero attached hydrogens (tertiary/aromatic N) is 2. The molecule has 1 saturated heterocycles. The molecule has 0 radical (unpaired) electrons. The Bertz CT molecular complexity index is 391. The average molecular weight is 266 g/mol. The lowest BCUT2D eigenvalue weighted by molar-refractivity contribution is -0.138. The topological polar surface area (TPSA) is 56.9 Å². The van der Waals surface area contributed by atoms with Crippen molar-refractivity contribution in [2.45, 2.75) is 25.8 Å². The molecule has 5 nitrogen and oxygen atoms in total. The van der Waals surface area contributed by atoms with Crippen molar-refractivity contribution in [2.75, 3.05) is 32.7 Å². The molecule has 1 unspecified atom stereocenters. The van der Waals surface area contributed by atoms with Crippen LogP contribution >= 0.6 is 0 Å². The number of hydrogen-bond acceptors (Lipinski definition) is 4. The summed E-state index contributed by atoms with van der Waals surface area (Å²) >= 11 is 0. The lowest BCUT2D eigenvalue weighted by atomic mass is 10.1. The first kappa shape index (κ1) is 14.1. The molecule has 0 amide bonds. The minimum absolute atomic E-state index is 0.144. The molecule has 106 valence electrons. The van der Waals surface area contributed by atoms with Gasteiger partial charge in [0.1, 0.15) is 5.76 Å². The molecule has 1 aromatic heterocycles. The minimum atomic E-state index is -0.744. The Morgan fingerprint density at radius 3 is 2.89 bits per heavy atom. The molecular weight excluding hydrogens is 244 g/mol. The highest BCUT2D eigenvalue weighted by atomic mass is 16.4. The van der Waals surface area contributed by atoms with Crippen molar-refractivity contribution in [1.29, 1.82) is 0 Å². The molecule has 0 aromatic carbocycles. The van der Waals surface area contributed by atoms with E-state index in [2.05, 4.69) is 11.8 Å². The van der Waals surface area contributed by atoms with Crippen LogP contribution in [0.1, 0.15) is 31.6 Å². The molecular formula is C14H22N2O3. The number of furan rings is 1. The van der Waals surface area contributed by atoms with Gasteiger partial charge in [0.15, 0.2) is 0 Å². The summed E-state index contributed by atoms with van der Waals surface area (Å²) in [5, 5.41) is 8.86. The first-order chi connectivity index (χ1) is 9.20. The maximum absolute atomic E-state index is 10.8. The van der Waals surface area contributed by atoms with Gasteiger partial charge in [-0.2, -0.15) is 0 Å². The van der Waals surface area contributed by atoms with Crippen LogP contribution in [0.15, 0.2) is 22.8 Å². The molecule has 1 N–H and O–H groups in total. The van der Waals surface area contributed by atoms with E-state index in [4.69, 9.17) is 9.52 Å². The summed E-state index contributed by atoms with van der Waals surface area (Å²) in [6.45, 7) is 5.86. The van der Waals surface area contributed by atoms with E-state index >= 15 is 0 Å². The Kier molecular flexibility index (Phi) is 4.99. The molecule has 0 aliphatic carbocycles. The monoisotopic (exact) mass is 266 g/mol. The Morgan fingerprint density at radius 2 is 2.26 bits per heavy atom. The van der Waals surface area contributed by atoms with Gasteiger partial charge < -0.3 is 9.52 Å². The summed E-state index contributed by atoms with van der Waals surface area (Å²) in [5.41, 5.74) is 0. The number of carbonyl (C=O) groups is 1. The summed E-state index contributed by atoms with van der Waals surface area (Å²) in [6.07, 6.45) is 3.73. The Balaban J connectivity index is 1.96. The van der Waals surface area contributed by atoms with Crippen LogP contribution in [0.25, 0.3) is 0 Å². The van der Waals surface area contributed by atoms with Crippen LogP contribution in [-0.4, -0.2) is 53.6 Å². The van der Waals surface area contributed by atoms with Crippen molar-refractivity contribution in [2.24, 2.45) is 0 Å². The average Bonchev–Trinajstić information content (AvgIpc) is 2.79. The molecule has 0 spiro atoms. The predicted molar refractivity (Wildman–Crippen MR) is 72.0 cm³/mol. The Hall–Kier alpha value is -1.33. The van der Waals surface area contributed by atoms with Crippen LogP contribution in [0.5, 0.6) is 0 Å². The zero-order valence-corrected chi connectivity index (χ0v) is 11.4. The summed E-state index contributed by atoms with van der Waals surface area (Å²) in [6, 6.07) is 4.25. The van der Waals surface area contributed by atoms with Crippen molar-refractivity contribution in [1.82, 2.24) is 9.80 Å². The Morgan fingerprint density at radius 1 is 1.42 bits per heavy atom. The predicted octanol–water partition coefficient (Wildman–Crippen LogP) is 1.82. The van der Waals surface area contributed by atoms with E-state index in [1.165, 1.54) is 0 Å². The summed E-state index contributed by atoms with van der Waals surface area (Å²) in [7, 11) is 0. The highest BCUT2D eigenvalue weighted by molar-refractivity contribution is 5.69. The van der Waals surface area contributed by atoms with Crippen molar-refractivity contribution < 1.29 is 14.3 Å². The van der Waals surface area contributed by atoms with E-state index in [9.17, 15) is 4.79 Å². The van der Waals surface area contributed by atoms with E-state index in [1.807, 2.05) is 17.0 Å². The first-order valence-electron chi connectivity index (χ1n) is 6.92. The maximum Gasteiger partial charge on any atom is 0.317 e. The quantitative estimate of drug-likeness (QED) is 0.881. The second-order valence-electron chi connectivity index (χ2n) is 5.00. The first-order valence-corrected chi connectivity index (χ1v) is 6.92. The fourth-order valence-electron chi connectivity index (χ4n) is 2.77. The highest BCUT2D eigenvalue weighted by Gasteiger charge is 2.24. The van der Waals surface area contributed by atoms with Crippen LogP contribution in [-0.2, 0) is 4.79 Å². The fourth-order valence-corrected chi connectivity index (χ4v) is 2.77. The smallest absolute Gasteiger partial charge is 0.317 e. The minimum Gasteiger partial charge on any atom is -0.480 e. The lowest BCUT2D eigenvalue weighted by Gasteiger charge is -2.28. The third kappa shape index (κ3) is 3.81. The number of rotatable bonds is 5. The normalized spacial score (nSPS) is 20.1. The molecule has 0 bridgehead atoms. The number of carboxylic acids is 1. The SMILES string of the molecule is CCC(c1ccco1)N1CCCN(CC(=O)O)CC1. The zero-order chi connectivity index (χ0) is 13.7. The molecule has 19 heavy (non-hydrogen) atoms. The van der Waals surface area contributed by atoms with Gasteiger partial charge in [-0.05, 0) is 25.0 Å². The molecule has 1 fully saturated rings. The van der Waals surface area contributed by atoms with Crippen molar-refractivity contribution in [3.05, 3.63) is 24.2 Å². The second-order valence-corrected chi connectivity index (χ2v) is 5.00. The molecule has 1 aliphatic heterocycles. The number of carboxylic acid groups (broad SMARTS) is 1. The van der Waals surface area contributed by atoms with Crippen molar-refractivity contribution >= 4 is 5.97 Å². The van der Waals surface area contributed by atoms with Crippen LogP contribution in [0.4, 0.5) is 0 Å². The maximum atomic E-state index is 10.8. The van der Waals surface area contributed by atoms with Gasteiger partial charge in [0.25, 0.3) is 0 Å². The van der Waals surface area contributed by atoms with Crippen LogP contribution in [0.2, 0.25) is 0 Å². The summed E-state index contributed by atoms with van der Waals surface area (Å²) in [4.78, 5) is 15.2.